The van der Waals surface area contributed by atoms with Crippen molar-refractivity contribution in [2.45, 2.75) is 19.4 Å². The van der Waals surface area contributed by atoms with E-state index < -0.39 is 0 Å². The predicted molar refractivity (Wildman–Crippen MR) is 116 cm³/mol. The van der Waals surface area contributed by atoms with Gasteiger partial charge in [-0.15, -0.1) is 0 Å². The maximum atomic E-state index is 12.7. The highest BCUT2D eigenvalue weighted by Gasteiger charge is 2.13. The normalized spacial score (nSPS) is 10.4. The summed E-state index contributed by atoms with van der Waals surface area (Å²) in [6, 6.07) is 22.9. The van der Waals surface area contributed by atoms with Gasteiger partial charge >= 0.3 is 0 Å². The molecule has 0 fully saturated rings. The van der Waals surface area contributed by atoms with Gasteiger partial charge in [-0.05, 0) is 54.3 Å². The zero-order valence-electron chi connectivity index (χ0n) is 16.4. The van der Waals surface area contributed by atoms with Crippen molar-refractivity contribution < 1.29 is 14.3 Å². The first-order valence-electron chi connectivity index (χ1n) is 9.53. The van der Waals surface area contributed by atoms with Gasteiger partial charge in [-0.3, -0.25) is 4.79 Å². The van der Waals surface area contributed by atoms with Gasteiger partial charge in [0.25, 0.3) is 5.91 Å². The second-order valence-electron chi connectivity index (χ2n) is 6.63. The molecular formula is C24H24ClNO3. The SMILES string of the molecule is COc1cccc(CCCNC(=O)c2cc(Cl)ccc2OCc2ccccc2)c1. The Morgan fingerprint density at radius 3 is 2.55 bits per heavy atom. The molecule has 3 rings (SSSR count). The van der Waals surface area contributed by atoms with Crippen LogP contribution in [0.5, 0.6) is 11.5 Å². The van der Waals surface area contributed by atoms with Crippen molar-refractivity contribution in [2.24, 2.45) is 0 Å². The Labute approximate surface area is 176 Å². The second-order valence-corrected chi connectivity index (χ2v) is 7.06. The topological polar surface area (TPSA) is 47.6 Å². The van der Waals surface area contributed by atoms with Gasteiger partial charge in [0.1, 0.15) is 18.1 Å². The minimum absolute atomic E-state index is 0.193. The number of halogens is 1. The number of rotatable bonds is 9. The lowest BCUT2D eigenvalue weighted by Crippen LogP contribution is -2.25. The molecule has 0 atom stereocenters. The molecule has 0 aliphatic heterocycles. The quantitative estimate of drug-likeness (QED) is 0.488. The maximum absolute atomic E-state index is 12.7. The molecule has 0 aliphatic rings. The lowest BCUT2D eigenvalue weighted by molar-refractivity contribution is 0.0948. The lowest BCUT2D eigenvalue weighted by Gasteiger charge is -2.12. The largest absolute Gasteiger partial charge is 0.497 e. The van der Waals surface area contributed by atoms with E-state index in [4.69, 9.17) is 21.1 Å². The third kappa shape index (κ3) is 6.26. The molecule has 3 aromatic rings. The molecule has 0 radical (unpaired) electrons. The van der Waals surface area contributed by atoms with Gasteiger partial charge in [0.05, 0.1) is 12.7 Å². The van der Waals surface area contributed by atoms with E-state index in [-0.39, 0.29) is 5.91 Å². The van der Waals surface area contributed by atoms with Crippen LogP contribution in [0.2, 0.25) is 5.02 Å². The summed E-state index contributed by atoms with van der Waals surface area (Å²) in [7, 11) is 1.65. The minimum Gasteiger partial charge on any atom is -0.497 e. The zero-order chi connectivity index (χ0) is 20.5. The van der Waals surface area contributed by atoms with Crippen molar-refractivity contribution in [1.29, 1.82) is 0 Å². The number of ether oxygens (including phenoxy) is 2. The van der Waals surface area contributed by atoms with Gasteiger partial charge in [-0.25, -0.2) is 0 Å². The van der Waals surface area contributed by atoms with Gasteiger partial charge in [0.2, 0.25) is 0 Å². The van der Waals surface area contributed by atoms with Crippen molar-refractivity contribution in [1.82, 2.24) is 5.32 Å². The second kappa shape index (κ2) is 10.5. The van der Waals surface area contributed by atoms with Crippen LogP contribution in [0.3, 0.4) is 0 Å². The van der Waals surface area contributed by atoms with E-state index in [0.717, 1.165) is 24.2 Å². The van der Waals surface area contributed by atoms with Crippen LogP contribution >= 0.6 is 11.6 Å². The van der Waals surface area contributed by atoms with Gasteiger partial charge < -0.3 is 14.8 Å². The molecule has 0 saturated carbocycles. The summed E-state index contributed by atoms with van der Waals surface area (Å²) in [6.07, 6.45) is 1.67. The van der Waals surface area contributed by atoms with Crippen LogP contribution in [0.25, 0.3) is 0 Å². The number of amides is 1. The molecule has 0 spiro atoms. The molecular weight excluding hydrogens is 386 g/mol. The molecule has 0 aliphatic carbocycles. The molecule has 1 amide bonds. The van der Waals surface area contributed by atoms with Gasteiger partial charge in [-0.1, -0.05) is 54.1 Å². The number of carbonyl (C=O) groups excluding carboxylic acids is 1. The fraction of sp³-hybridized carbons (Fsp3) is 0.208. The van der Waals surface area contributed by atoms with Crippen molar-refractivity contribution in [3.05, 3.63) is 94.5 Å². The number of benzene rings is 3. The summed E-state index contributed by atoms with van der Waals surface area (Å²) >= 11 is 6.10. The van der Waals surface area contributed by atoms with E-state index in [1.807, 2.05) is 48.5 Å². The molecule has 3 aromatic carbocycles. The predicted octanol–water partition coefficient (Wildman–Crippen LogP) is 5.29. The minimum atomic E-state index is -0.193. The molecule has 0 bridgehead atoms. The van der Waals surface area contributed by atoms with Crippen LogP contribution in [-0.2, 0) is 13.0 Å². The van der Waals surface area contributed by atoms with Gasteiger partial charge in [0, 0.05) is 11.6 Å². The highest BCUT2D eigenvalue weighted by Crippen LogP contribution is 2.24. The van der Waals surface area contributed by atoms with Crippen molar-refractivity contribution in [2.75, 3.05) is 13.7 Å². The molecule has 0 unspecified atom stereocenters. The van der Waals surface area contributed by atoms with Crippen LogP contribution in [0.15, 0.2) is 72.8 Å². The Morgan fingerprint density at radius 1 is 0.966 bits per heavy atom. The first-order valence-corrected chi connectivity index (χ1v) is 9.91. The van der Waals surface area contributed by atoms with Crippen LogP contribution in [-0.4, -0.2) is 19.6 Å². The van der Waals surface area contributed by atoms with Gasteiger partial charge in [0.15, 0.2) is 0 Å². The van der Waals surface area contributed by atoms with E-state index in [0.29, 0.717) is 29.5 Å². The lowest BCUT2D eigenvalue weighted by atomic mass is 10.1. The number of methoxy groups -OCH3 is 1. The molecule has 0 aromatic heterocycles. The Kier molecular flexibility index (Phi) is 7.54. The number of aryl methyl sites for hydroxylation is 1. The standard InChI is InChI=1S/C24H24ClNO3/c1-28-21-11-5-9-18(15-21)10-6-14-26-24(27)22-16-20(25)12-13-23(22)29-17-19-7-3-2-4-8-19/h2-5,7-9,11-13,15-16H,6,10,14,17H2,1H3,(H,26,27). The first-order chi connectivity index (χ1) is 14.2. The molecule has 1 N–H and O–H groups in total. The van der Waals surface area contributed by atoms with Crippen LogP contribution in [0, 0.1) is 0 Å². The summed E-state index contributed by atoms with van der Waals surface area (Å²) in [5, 5.41) is 3.45. The highest BCUT2D eigenvalue weighted by molar-refractivity contribution is 6.31. The van der Waals surface area contributed by atoms with E-state index >= 15 is 0 Å². The Balaban J connectivity index is 1.55. The number of hydrogen-bond donors (Lipinski definition) is 1. The van der Waals surface area contributed by atoms with Crippen molar-refractivity contribution in [3.8, 4) is 11.5 Å². The van der Waals surface area contributed by atoms with E-state index in [1.54, 1.807) is 25.3 Å². The number of hydrogen-bond acceptors (Lipinski definition) is 3. The summed E-state index contributed by atoms with van der Waals surface area (Å²) in [5.41, 5.74) is 2.65. The Bertz CT molecular complexity index is 944. The molecule has 0 heterocycles. The number of carbonyl (C=O) groups is 1. The van der Waals surface area contributed by atoms with E-state index in [1.165, 1.54) is 5.56 Å². The maximum Gasteiger partial charge on any atom is 0.255 e. The molecule has 0 saturated heterocycles. The molecule has 150 valence electrons. The number of nitrogens with one attached hydrogen (secondary N) is 1. The molecule has 29 heavy (non-hydrogen) atoms. The van der Waals surface area contributed by atoms with Crippen LogP contribution < -0.4 is 14.8 Å². The van der Waals surface area contributed by atoms with Gasteiger partial charge in [-0.2, -0.15) is 0 Å². The summed E-state index contributed by atoms with van der Waals surface area (Å²) in [5.74, 6) is 1.16. The Hall–Kier alpha value is -2.98. The zero-order valence-corrected chi connectivity index (χ0v) is 17.1. The summed E-state index contributed by atoms with van der Waals surface area (Å²) < 4.78 is 11.1. The fourth-order valence-corrected chi connectivity index (χ4v) is 3.13. The third-order valence-corrected chi connectivity index (χ3v) is 4.72. The average molecular weight is 410 g/mol. The van der Waals surface area contributed by atoms with Crippen LogP contribution in [0.1, 0.15) is 27.9 Å². The van der Waals surface area contributed by atoms with Crippen molar-refractivity contribution >= 4 is 17.5 Å². The highest BCUT2D eigenvalue weighted by atomic mass is 35.5. The van der Waals surface area contributed by atoms with E-state index in [2.05, 4.69) is 11.4 Å². The third-order valence-electron chi connectivity index (χ3n) is 4.49. The average Bonchev–Trinajstić information content (AvgIpc) is 2.76. The Morgan fingerprint density at radius 2 is 1.76 bits per heavy atom. The van der Waals surface area contributed by atoms with Crippen LogP contribution in [0.4, 0.5) is 0 Å². The summed E-state index contributed by atoms with van der Waals surface area (Å²) in [6.45, 7) is 0.944. The first kappa shape index (κ1) is 20.7. The molecule has 4 nitrogen and oxygen atoms in total. The van der Waals surface area contributed by atoms with E-state index in [9.17, 15) is 4.79 Å². The van der Waals surface area contributed by atoms with Crippen molar-refractivity contribution in [3.63, 3.8) is 0 Å². The molecule has 5 heteroatoms. The monoisotopic (exact) mass is 409 g/mol. The summed E-state index contributed by atoms with van der Waals surface area (Å²) in [4.78, 5) is 12.7. The smallest absolute Gasteiger partial charge is 0.255 e. The fourth-order valence-electron chi connectivity index (χ4n) is 2.96.